The van der Waals surface area contributed by atoms with Crippen molar-refractivity contribution in [2.24, 2.45) is 5.92 Å². The van der Waals surface area contributed by atoms with Gasteiger partial charge >= 0.3 is 0 Å². The van der Waals surface area contributed by atoms with Gasteiger partial charge in [-0.2, -0.15) is 0 Å². The number of phenolic OH excluding ortho intramolecular Hbond substituents is 2. The van der Waals surface area contributed by atoms with Gasteiger partial charge in [0, 0.05) is 24.7 Å². The minimum Gasteiger partial charge on any atom is -0.508 e. The summed E-state index contributed by atoms with van der Waals surface area (Å²) in [6, 6.07) is 5.80. The van der Waals surface area contributed by atoms with Crippen LogP contribution in [0.25, 0.3) is 0 Å². The lowest BCUT2D eigenvalue weighted by molar-refractivity contribution is 0.310. The molecule has 1 saturated carbocycles. The molecule has 4 nitrogen and oxygen atoms in total. The lowest BCUT2D eigenvalue weighted by Crippen LogP contribution is -2.29. The van der Waals surface area contributed by atoms with Crippen LogP contribution in [0.4, 0.5) is 0 Å². The Hall–Kier alpha value is -1.26. The fourth-order valence-corrected chi connectivity index (χ4v) is 3.13. The van der Waals surface area contributed by atoms with Gasteiger partial charge < -0.3 is 20.4 Å². The van der Waals surface area contributed by atoms with E-state index >= 15 is 0 Å². The van der Waals surface area contributed by atoms with Crippen LogP contribution in [0.1, 0.15) is 37.8 Å². The highest BCUT2D eigenvalue weighted by molar-refractivity contribution is 5.37. The van der Waals surface area contributed by atoms with Crippen molar-refractivity contribution in [2.45, 2.75) is 38.3 Å². The maximum absolute atomic E-state index is 9.53. The predicted octanol–water partition coefficient (Wildman–Crippen LogP) is 2.23. The summed E-state index contributed by atoms with van der Waals surface area (Å²) < 4.78 is 0. The van der Waals surface area contributed by atoms with E-state index in [2.05, 4.69) is 17.1 Å². The molecule has 0 bridgehead atoms. The molecule has 110 valence electrons. The van der Waals surface area contributed by atoms with E-state index in [4.69, 9.17) is 0 Å². The quantitative estimate of drug-likeness (QED) is 0.772. The molecule has 3 N–H and O–H groups in total. The Morgan fingerprint density at radius 2 is 1.90 bits per heavy atom. The summed E-state index contributed by atoms with van der Waals surface area (Å²) in [5.41, 5.74) is 0.930. The summed E-state index contributed by atoms with van der Waals surface area (Å²) in [6.07, 6.45) is 4.06. The van der Waals surface area contributed by atoms with Crippen molar-refractivity contribution in [2.75, 3.05) is 19.6 Å². The van der Waals surface area contributed by atoms with Crippen molar-refractivity contribution in [3.8, 4) is 11.5 Å². The Balaban J connectivity index is 1.50. The highest BCUT2D eigenvalue weighted by atomic mass is 16.3. The van der Waals surface area contributed by atoms with Crippen LogP contribution in [-0.2, 0) is 0 Å². The molecule has 2 atom stereocenters. The minimum atomic E-state index is 0.120. The van der Waals surface area contributed by atoms with E-state index in [9.17, 15) is 10.2 Å². The van der Waals surface area contributed by atoms with Crippen LogP contribution >= 0.6 is 0 Å². The maximum Gasteiger partial charge on any atom is 0.119 e. The number of rotatable bonds is 5. The summed E-state index contributed by atoms with van der Waals surface area (Å²) in [7, 11) is 0. The standard InChI is InChI=1S/C16H24N2O2/c1-11(13-6-15(19)8-16(20)7-13)17-9-12-4-5-18(10-12)14-2-3-14/h6-8,11-12,14,17,19-20H,2-5,9-10H2,1H3. The number of likely N-dealkylation sites (tertiary alicyclic amines) is 1. The van der Waals surface area contributed by atoms with Crippen molar-refractivity contribution < 1.29 is 10.2 Å². The number of nitrogens with one attached hydrogen (secondary N) is 1. The van der Waals surface area contributed by atoms with Gasteiger partial charge in [-0.1, -0.05) is 0 Å². The van der Waals surface area contributed by atoms with Gasteiger partial charge in [-0.25, -0.2) is 0 Å². The van der Waals surface area contributed by atoms with Crippen molar-refractivity contribution >= 4 is 0 Å². The second kappa shape index (κ2) is 5.62. The Morgan fingerprint density at radius 1 is 1.20 bits per heavy atom. The van der Waals surface area contributed by atoms with Crippen LogP contribution in [0, 0.1) is 5.92 Å². The van der Waals surface area contributed by atoms with Crippen LogP contribution in [0.2, 0.25) is 0 Å². The lowest BCUT2D eigenvalue weighted by atomic mass is 10.1. The molecule has 2 fully saturated rings. The second-order valence-electron chi connectivity index (χ2n) is 6.29. The Labute approximate surface area is 120 Å². The lowest BCUT2D eigenvalue weighted by Gasteiger charge is -2.19. The van der Waals surface area contributed by atoms with E-state index in [0.717, 1.165) is 24.1 Å². The molecule has 20 heavy (non-hydrogen) atoms. The van der Waals surface area contributed by atoms with Crippen molar-refractivity contribution in [3.63, 3.8) is 0 Å². The molecule has 2 unspecified atom stereocenters. The van der Waals surface area contributed by atoms with Gasteiger partial charge in [0.25, 0.3) is 0 Å². The Kier molecular flexibility index (Phi) is 3.85. The first kappa shape index (κ1) is 13.7. The van der Waals surface area contributed by atoms with Gasteiger partial charge in [0.15, 0.2) is 0 Å². The molecule has 1 aliphatic carbocycles. The van der Waals surface area contributed by atoms with Crippen LogP contribution < -0.4 is 5.32 Å². The van der Waals surface area contributed by atoms with Crippen molar-refractivity contribution in [3.05, 3.63) is 23.8 Å². The number of aromatic hydroxyl groups is 2. The fraction of sp³-hybridized carbons (Fsp3) is 0.625. The average molecular weight is 276 g/mol. The first-order chi connectivity index (χ1) is 9.61. The van der Waals surface area contributed by atoms with Gasteiger partial charge in [0.05, 0.1) is 0 Å². The van der Waals surface area contributed by atoms with E-state index in [1.807, 2.05) is 0 Å². The SMILES string of the molecule is CC(NCC1CCN(C2CC2)C1)c1cc(O)cc(O)c1. The second-order valence-corrected chi connectivity index (χ2v) is 6.29. The number of hydrogen-bond donors (Lipinski definition) is 3. The molecule has 1 saturated heterocycles. The summed E-state index contributed by atoms with van der Waals surface area (Å²) in [4.78, 5) is 2.62. The van der Waals surface area contributed by atoms with Gasteiger partial charge in [-0.15, -0.1) is 0 Å². The summed E-state index contributed by atoms with van der Waals surface area (Å²) in [5.74, 6) is 0.966. The van der Waals surface area contributed by atoms with Crippen LogP contribution in [0.5, 0.6) is 11.5 Å². The van der Waals surface area contributed by atoms with E-state index in [1.54, 1.807) is 12.1 Å². The van der Waals surface area contributed by atoms with Crippen LogP contribution in [-0.4, -0.2) is 40.8 Å². The van der Waals surface area contributed by atoms with Gasteiger partial charge in [0.1, 0.15) is 11.5 Å². The minimum absolute atomic E-state index is 0.120. The summed E-state index contributed by atoms with van der Waals surface area (Å²) in [6.45, 7) is 5.54. The zero-order valence-electron chi connectivity index (χ0n) is 12.0. The zero-order valence-corrected chi connectivity index (χ0v) is 12.0. The van der Waals surface area contributed by atoms with Gasteiger partial charge in [-0.05, 0) is 62.9 Å². The number of benzene rings is 1. The summed E-state index contributed by atoms with van der Waals surface area (Å²) >= 11 is 0. The normalized spacial score (nSPS) is 24.9. The first-order valence-corrected chi connectivity index (χ1v) is 7.62. The van der Waals surface area contributed by atoms with Gasteiger partial charge in [0.2, 0.25) is 0 Å². The molecule has 4 heteroatoms. The summed E-state index contributed by atoms with van der Waals surface area (Å²) in [5, 5.41) is 22.6. The molecule has 1 aromatic carbocycles. The topological polar surface area (TPSA) is 55.7 Å². The molecule has 2 aliphatic rings. The zero-order chi connectivity index (χ0) is 14.1. The number of hydrogen-bond acceptors (Lipinski definition) is 4. The Bertz CT molecular complexity index is 453. The highest BCUT2D eigenvalue weighted by Gasteiger charge is 2.34. The molecule has 1 heterocycles. The molecule has 1 aliphatic heterocycles. The third-order valence-corrected chi connectivity index (χ3v) is 4.52. The predicted molar refractivity (Wildman–Crippen MR) is 78.9 cm³/mol. The van der Waals surface area contributed by atoms with Crippen LogP contribution in [0.3, 0.4) is 0 Å². The van der Waals surface area contributed by atoms with Crippen LogP contribution in [0.15, 0.2) is 18.2 Å². The smallest absolute Gasteiger partial charge is 0.119 e. The molecule has 1 aromatic rings. The maximum atomic E-state index is 9.53. The molecule has 0 amide bonds. The molecule has 0 aromatic heterocycles. The monoisotopic (exact) mass is 276 g/mol. The highest BCUT2D eigenvalue weighted by Crippen LogP contribution is 2.32. The Morgan fingerprint density at radius 3 is 2.55 bits per heavy atom. The average Bonchev–Trinajstić information content (AvgIpc) is 3.14. The number of nitrogens with zero attached hydrogens (tertiary/aromatic N) is 1. The fourth-order valence-electron chi connectivity index (χ4n) is 3.13. The van der Waals surface area contributed by atoms with E-state index < -0.39 is 0 Å². The molecular formula is C16H24N2O2. The molecule has 0 radical (unpaired) electrons. The van der Waals surface area contributed by atoms with Gasteiger partial charge in [-0.3, -0.25) is 0 Å². The van der Waals surface area contributed by atoms with E-state index in [0.29, 0.717) is 0 Å². The molecular weight excluding hydrogens is 252 g/mol. The third-order valence-electron chi connectivity index (χ3n) is 4.52. The molecule has 3 rings (SSSR count). The molecule has 0 spiro atoms. The van der Waals surface area contributed by atoms with E-state index in [-0.39, 0.29) is 17.5 Å². The number of phenols is 2. The largest absolute Gasteiger partial charge is 0.508 e. The van der Waals surface area contributed by atoms with E-state index in [1.165, 1.54) is 38.4 Å². The van der Waals surface area contributed by atoms with Crippen molar-refractivity contribution in [1.29, 1.82) is 0 Å². The van der Waals surface area contributed by atoms with Crippen molar-refractivity contribution in [1.82, 2.24) is 10.2 Å². The third kappa shape index (κ3) is 3.25. The first-order valence-electron chi connectivity index (χ1n) is 7.62.